The van der Waals surface area contributed by atoms with E-state index < -0.39 is 10.1 Å². The Labute approximate surface area is 149 Å². The maximum atomic E-state index is 12.7. The third kappa shape index (κ3) is 6.23. The summed E-state index contributed by atoms with van der Waals surface area (Å²) in [6.45, 7) is 3.22. The summed E-state index contributed by atoms with van der Waals surface area (Å²) in [5, 5.41) is 0. The van der Waals surface area contributed by atoms with E-state index in [1.807, 2.05) is 35.2 Å². The first kappa shape index (κ1) is 19.0. The lowest BCUT2D eigenvalue weighted by molar-refractivity contribution is 0.0741. The van der Waals surface area contributed by atoms with Gasteiger partial charge in [-0.15, -0.1) is 0 Å². The van der Waals surface area contributed by atoms with E-state index in [0.717, 1.165) is 24.7 Å². The molecule has 0 N–H and O–H groups in total. The van der Waals surface area contributed by atoms with Crippen LogP contribution in [-0.4, -0.2) is 32.0 Å². The Bertz CT molecular complexity index is 786. The number of benzene rings is 2. The van der Waals surface area contributed by atoms with Crippen molar-refractivity contribution in [2.45, 2.75) is 26.3 Å². The van der Waals surface area contributed by atoms with Gasteiger partial charge >= 0.3 is 10.1 Å². The minimum absolute atomic E-state index is 0.00878. The highest BCUT2D eigenvalue weighted by molar-refractivity contribution is 7.86. The van der Waals surface area contributed by atoms with Crippen molar-refractivity contribution in [1.29, 1.82) is 0 Å². The van der Waals surface area contributed by atoms with E-state index in [4.69, 9.17) is 4.18 Å². The molecule has 25 heavy (non-hydrogen) atoms. The van der Waals surface area contributed by atoms with Crippen molar-refractivity contribution in [1.82, 2.24) is 4.90 Å². The van der Waals surface area contributed by atoms with E-state index in [0.29, 0.717) is 18.7 Å². The lowest BCUT2D eigenvalue weighted by Gasteiger charge is -2.23. The molecule has 0 saturated carbocycles. The molecule has 0 aliphatic rings. The van der Waals surface area contributed by atoms with Gasteiger partial charge in [-0.25, -0.2) is 0 Å². The zero-order valence-corrected chi connectivity index (χ0v) is 15.3. The van der Waals surface area contributed by atoms with Crippen LogP contribution in [0.3, 0.4) is 0 Å². The third-order valence-electron chi connectivity index (χ3n) is 3.63. The van der Waals surface area contributed by atoms with Gasteiger partial charge in [0.1, 0.15) is 5.75 Å². The molecule has 2 aromatic carbocycles. The van der Waals surface area contributed by atoms with E-state index in [1.165, 1.54) is 0 Å². The van der Waals surface area contributed by atoms with Crippen molar-refractivity contribution in [3.63, 3.8) is 0 Å². The van der Waals surface area contributed by atoms with Crippen LogP contribution in [0.5, 0.6) is 5.75 Å². The summed E-state index contributed by atoms with van der Waals surface area (Å²) in [5.41, 5.74) is 1.58. The Kier molecular flexibility index (Phi) is 6.58. The molecule has 0 fully saturated rings. The van der Waals surface area contributed by atoms with Crippen molar-refractivity contribution in [3.8, 4) is 5.75 Å². The molecule has 0 aliphatic heterocycles. The lowest BCUT2D eigenvalue weighted by atomic mass is 10.1. The van der Waals surface area contributed by atoms with Crippen molar-refractivity contribution in [2.75, 3.05) is 12.8 Å². The van der Waals surface area contributed by atoms with Crippen molar-refractivity contribution in [3.05, 3.63) is 65.7 Å². The van der Waals surface area contributed by atoms with Crippen LogP contribution in [0.1, 0.15) is 35.7 Å². The van der Waals surface area contributed by atoms with Gasteiger partial charge in [-0.3, -0.25) is 4.79 Å². The molecular formula is C19H23NO4S. The van der Waals surface area contributed by atoms with Crippen LogP contribution in [0.2, 0.25) is 0 Å². The number of hydrogen-bond donors (Lipinski definition) is 0. The quantitative estimate of drug-likeness (QED) is 0.676. The molecule has 134 valence electrons. The predicted octanol–water partition coefficient (Wildman–Crippen LogP) is 3.47. The van der Waals surface area contributed by atoms with E-state index in [1.54, 1.807) is 24.3 Å². The number of rotatable bonds is 8. The highest BCUT2D eigenvalue weighted by atomic mass is 32.2. The zero-order chi connectivity index (χ0) is 18.3. The van der Waals surface area contributed by atoms with Gasteiger partial charge in [0.05, 0.1) is 6.26 Å². The Morgan fingerprint density at radius 3 is 2.24 bits per heavy atom. The minimum atomic E-state index is -3.54. The summed E-state index contributed by atoms with van der Waals surface area (Å²) in [7, 11) is -3.54. The summed E-state index contributed by atoms with van der Waals surface area (Å²) in [6, 6.07) is 16.0. The van der Waals surface area contributed by atoms with E-state index in [2.05, 4.69) is 6.92 Å². The fourth-order valence-electron chi connectivity index (χ4n) is 2.41. The molecule has 0 aliphatic carbocycles. The third-order valence-corrected chi connectivity index (χ3v) is 4.13. The number of carbonyl (C=O) groups is 1. The fourth-order valence-corrected chi connectivity index (χ4v) is 2.87. The van der Waals surface area contributed by atoms with Gasteiger partial charge in [-0.05, 0) is 36.2 Å². The number of unbranched alkanes of at least 4 members (excludes halogenated alkanes) is 1. The maximum absolute atomic E-state index is 12.7. The summed E-state index contributed by atoms with van der Waals surface area (Å²) in [4.78, 5) is 14.5. The summed E-state index contributed by atoms with van der Waals surface area (Å²) < 4.78 is 27.1. The van der Waals surface area contributed by atoms with E-state index in [-0.39, 0.29) is 11.7 Å². The van der Waals surface area contributed by atoms with Crippen molar-refractivity contribution < 1.29 is 17.4 Å². The van der Waals surface area contributed by atoms with Crippen molar-refractivity contribution >= 4 is 16.0 Å². The van der Waals surface area contributed by atoms with Crippen LogP contribution in [0.4, 0.5) is 0 Å². The Balaban J connectivity index is 2.12. The molecule has 0 aromatic heterocycles. The second-order valence-electron chi connectivity index (χ2n) is 5.88. The standard InChI is InChI=1S/C19H23NO4S/c1-3-4-14-20(19(21)17-8-6-5-7-9-17)15-16-10-12-18(13-11-16)24-25(2,22)23/h5-13H,3-4,14-15H2,1-2H3. The van der Waals surface area contributed by atoms with Gasteiger partial charge in [-0.1, -0.05) is 43.7 Å². The summed E-state index contributed by atoms with van der Waals surface area (Å²) in [5.74, 6) is 0.256. The minimum Gasteiger partial charge on any atom is -0.383 e. The first-order valence-electron chi connectivity index (χ1n) is 8.22. The largest absolute Gasteiger partial charge is 0.383 e. The average Bonchev–Trinajstić information content (AvgIpc) is 2.59. The fraction of sp³-hybridized carbons (Fsp3) is 0.316. The normalized spacial score (nSPS) is 11.1. The van der Waals surface area contributed by atoms with Crippen LogP contribution < -0.4 is 4.18 Å². The van der Waals surface area contributed by atoms with Gasteiger partial charge < -0.3 is 9.08 Å². The first-order valence-corrected chi connectivity index (χ1v) is 10.0. The van der Waals surface area contributed by atoms with Crippen molar-refractivity contribution in [2.24, 2.45) is 0 Å². The highest BCUT2D eigenvalue weighted by Gasteiger charge is 2.15. The molecule has 6 heteroatoms. The van der Waals surface area contributed by atoms with Crippen LogP contribution >= 0.6 is 0 Å². The van der Waals surface area contributed by atoms with E-state index in [9.17, 15) is 13.2 Å². The summed E-state index contributed by atoms with van der Waals surface area (Å²) in [6.07, 6.45) is 2.93. The van der Waals surface area contributed by atoms with Gasteiger partial charge in [0.15, 0.2) is 0 Å². The topological polar surface area (TPSA) is 63.7 Å². The number of hydrogen-bond acceptors (Lipinski definition) is 4. The molecule has 0 saturated heterocycles. The molecule has 2 rings (SSSR count). The zero-order valence-electron chi connectivity index (χ0n) is 14.5. The van der Waals surface area contributed by atoms with Gasteiger partial charge in [0, 0.05) is 18.7 Å². The van der Waals surface area contributed by atoms with Crippen LogP contribution in [0.15, 0.2) is 54.6 Å². The number of amides is 1. The Morgan fingerprint density at radius 1 is 1.04 bits per heavy atom. The molecule has 0 bridgehead atoms. The molecule has 1 amide bonds. The average molecular weight is 361 g/mol. The molecular weight excluding hydrogens is 338 g/mol. The SMILES string of the molecule is CCCCN(Cc1ccc(OS(C)(=O)=O)cc1)C(=O)c1ccccc1. The maximum Gasteiger partial charge on any atom is 0.306 e. The molecule has 0 spiro atoms. The molecule has 0 unspecified atom stereocenters. The molecule has 0 heterocycles. The number of nitrogens with zero attached hydrogens (tertiary/aromatic N) is 1. The van der Waals surface area contributed by atoms with Crippen LogP contribution in [0, 0.1) is 0 Å². The Hall–Kier alpha value is -2.34. The predicted molar refractivity (Wildman–Crippen MR) is 98.0 cm³/mol. The van der Waals surface area contributed by atoms with E-state index >= 15 is 0 Å². The lowest BCUT2D eigenvalue weighted by Crippen LogP contribution is -2.31. The van der Waals surface area contributed by atoms with Crippen LogP contribution in [-0.2, 0) is 16.7 Å². The van der Waals surface area contributed by atoms with Gasteiger partial charge in [0.25, 0.3) is 5.91 Å². The molecule has 2 aromatic rings. The molecule has 0 radical (unpaired) electrons. The highest BCUT2D eigenvalue weighted by Crippen LogP contribution is 2.17. The van der Waals surface area contributed by atoms with Gasteiger partial charge in [-0.2, -0.15) is 8.42 Å². The summed E-state index contributed by atoms with van der Waals surface area (Å²) >= 11 is 0. The molecule has 5 nitrogen and oxygen atoms in total. The van der Waals surface area contributed by atoms with Crippen LogP contribution in [0.25, 0.3) is 0 Å². The second kappa shape index (κ2) is 8.67. The van der Waals surface area contributed by atoms with Gasteiger partial charge in [0.2, 0.25) is 0 Å². The Morgan fingerprint density at radius 2 is 1.68 bits per heavy atom. The second-order valence-corrected chi connectivity index (χ2v) is 7.45. The number of carbonyl (C=O) groups excluding carboxylic acids is 1. The monoisotopic (exact) mass is 361 g/mol. The smallest absolute Gasteiger partial charge is 0.306 e. The first-order chi connectivity index (χ1) is 11.9. The molecule has 0 atom stereocenters.